The first-order valence-electron chi connectivity index (χ1n) is 20.2. The Bertz CT molecular complexity index is 2370. The van der Waals surface area contributed by atoms with Gasteiger partial charge in [0.05, 0.1) is 5.76 Å². The molecule has 0 saturated heterocycles. The Hall–Kier alpha value is -3.37. The van der Waals surface area contributed by atoms with Crippen molar-refractivity contribution < 1.29 is 30.0 Å². The predicted octanol–water partition coefficient (Wildman–Crippen LogP) is 14.7. The van der Waals surface area contributed by atoms with Gasteiger partial charge in [0.25, 0.3) is 0 Å². The summed E-state index contributed by atoms with van der Waals surface area (Å²) in [6, 6.07) is 26.4. The van der Waals surface area contributed by atoms with E-state index in [0.29, 0.717) is 0 Å². The number of allylic oxidation sites excluding steroid dienone is 2. The fraction of sp³-hybridized carbons (Fsp3) is 0.440. The minimum absolute atomic E-state index is 0. The number of carbonyl (C=O) groups is 1. The summed E-state index contributed by atoms with van der Waals surface area (Å²) in [6.45, 7) is 24.6. The van der Waals surface area contributed by atoms with Crippen molar-refractivity contribution in [1.82, 2.24) is 4.98 Å². The van der Waals surface area contributed by atoms with Crippen molar-refractivity contribution in [3.63, 3.8) is 0 Å². The van der Waals surface area contributed by atoms with Crippen molar-refractivity contribution >= 4 is 58.8 Å². The molecule has 0 atom stereocenters. The average Bonchev–Trinajstić information content (AvgIpc) is 3.51. The van der Waals surface area contributed by atoms with E-state index in [1.165, 1.54) is 71.9 Å². The fourth-order valence-corrected chi connectivity index (χ4v) is 9.67. The number of hydrogen-bond acceptors (Lipinski definition) is 4. The summed E-state index contributed by atoms with van der Waals surface area (Å²) >= 11 is 1.93. The van der Waals surface area contributed by atoms with E-state index in [4.69, 9.17) is 4.98 Å². The summed E-state index contributed by atoms with van der Waals surface area (Å²) in [7, 11) is 0. The standard InChI is InChI=1S/C37H36NS.C13H24O2.Ir/c1-35(2,3)29-17-24(16-22-10-8-9-11-25(22)29)32-18-23-12-13-26-27-19-30-31(37(6,7)15-14-36(30,4)5)20-33(27)39-34(26)28(23)21-38-32;1-5-10(6-2)12(14)9-13(15)11(7-3)8-4;/h8-13,17-21H,14-15H2,1-7H3;9-11,14H,5-8H2,1-4H3;/q-1;;/b;12-9-;. The van der Waals surface area contributed by atoms with E-state index >= 15 is 0 Å². The van der Waals surface area contributed by atoms with E-state index in [2.05, 4.69) is 121 Å². The van der Waals surface area contributed by atoms with Crippen LogP contribution in [-0.2, 0) is 41.1 Å². The topological polar surface area (TPSA) is 50.2 Å². The summed E-state index contributed by atoms with van der Waals surface area (Å²) in [5.41, 5.74) is 6.91. The molecule has 0 spiro atoms. The summed E-state index contributed by atoms with van der Waals surface area (Å²) in [5.74, 6) is 0.547. The van der Waals surface area contributed by atoms with Crippen LogP contribution >= 0.6 is 11.3 Å². The number of thiophene rings is 1. The molecule has 0 bridgehead atoms. The van der Waals surface area contributed by atoms with E-state index in [9.17, 15) is 9.90 Å². The molecular weight excluding hydrogens is 871 g/mol. The summed E-state index contributed by atoms with van der Waals surface area (Å²) in [4.78, 5) is 16.7. The van der Waals surface area contributed by atoms with Gasteiger partial charge in [0, 0.05) is 75.5 Å². The second-order valence-corrected chi connectivity index (χ2v) is 18.9. The Kier molecular flexibility index (Phi) is 12.9. The molecule has 4 aromatic carbocycles. The third-order valence-electron chi connectivity index (χ3n) is 12.3. The van der Waals surface area contributed by atoms with Crippen LogP contribution in [0.2, 0.25) is 0 Å². The van der Waals surface area contributed by atoms with Crippen molar-refractivity contribution in [2.24, 2.45) is 11.8 Å². The number of carbonyl (C=O) groups excluding carboxylic acids is 1. The number of aliphatic hydroxyl groups excluding tert-OH is 1. The van der Waals surface area contributed by atoms with E-state index < -0.39 is 0 Å². The Balaban J connectivity index is 0.000000311. The average molecular weight is 931 g/mol. The molecule has 55 heavy (non-hydrogen) atoms. The molecule has 293 valence electrons. The molecule has 5 heteroatoms. The van der Waals surface area contributed by atoms with Crippen LogP contribution < -0.4 is 0 Å². The van der Waals surface area contributed by atoms with Gasteiger partial charge in [-0.25, -0.2) is 0 Å². The summed E-state index contributed by atoms with van der Waals surface area (Å²) < 4.78 is 2.74. The zero-order chi connectivity index (χ0) is 39.2. The van der Waals surface area contributed by atoms with Gasteiger partial charge in [-0.1, -0.05) is 124 Å². The minimum Gasteiger partial charge on any atom is -0.512 e. The number of fused-ring (bicyclic) bond motifs is 7. The Morgan fingerprint density at radius 2 is 1.44 bits per heavy atom. The summed E-state index contributed by atoms with van der Waals surface area (Å²) in [6.07, 6.45) is 9.47. The zero-order valence-electron chi connectivity index (χ0n) is 34.9. The molecule has 1 radical (unpaired) electrons. The van der Waals surface area contributed by atoms with Crippen LogP contribution in [0.5, 0.6) is 0 Å². The Morgan fingerprint density at radius 1 is 0.818 bits per heavy atom. The largest absolute Gasteiger partial charge is 0.512 e. The normalized spacial score (nSPS) is 15.3. The molecule has 0 saturated carbocycles. The fourth-order valence-electron chi connectivity index (χ4n) is 8.43. The number of ketones is 1. The molecule has 2 aromatic heterocycles. The van der Waals surface area contributed by atoms with Gasteiger partial charge in [-0.3, -0.25) is 9.78 Å². The molecular formula is C50H60IrNO2S-. The number of benzene rings is 4. The van der Waals surface area contributed by atoms with Crippen LogP contribution in [0.1, 0.15) is 131 Å². The van der Waals surface area contributed by atoms with Crippen LogP contribution in [0.15, 0.2) is 78.7 Å². The van der Waals surface area contributed by atoms with E-state index in [1.807, 2.05) is 39.0 Å². The third kappa shape index (κ3) is 8.51. The van der Waals surface area contributed by atoms with Crippen LogP contribution in [0, 0.1) is 17.9 Å². The first-order valence-corrected chi connectivity index (χ1v) is 21.0. The van der Waals surface area contributed by atoms with Crippen LogP contribution in [-0.4, -0.2) is 15.9 Å². The van der Waals surface area contributed by atoms with Crippen LogP contribution in [0.25, 0.3) is 53.0 Å². The monoisotopic (exact) mass is 931 g/mol. The van der Waals surface area contributed by atoms with Crippen LogP contribution in [0.3, 0.4) is 0 Å². The molecule has 0 aliphatic heterocycles. The van der Waals surface area contributed by atoms with Crippen molar-refractivity contribution in [2.45, 2.75) is 131 Å². The molecule has 0 unspecified atom stereocenters. The van der Waals surface area contributed by atoms with Crippen molar-refractivity contribution in [3.05, 3.63) is 101 Å². The van der Waals surface area contributed by atoms with E-state index in [1.54, 1.807) is 0 Å². The maximum absolute atomic E-state index is 11.7. The first-order chi connectivity index (χ1) is 25.5. The number of aromatic nitrogens is 1. The van der Waals surface area contributed by atoms with E-state index in [0.717, 1.165) is 42.3 Å². The molecule has 1 aliphatic carbocycles. The maximum atomic E-state index is 11.7. The molecule has 7 rings (SSSR count). The van der Waals surface area contributed by atoms with Crippen molar-refractivity contribution in [3.8, 4) is 11.3 Å². The number of hydrogen-bond donors (Lipinski definition) is 1. The quantitative estimate of drug-likeness (QED) is 0.0940. The first kappa shape index (κ1) is 42.8. The van der Waals surface area contributed by atoms with Crippen molar-refractivity contribution in [1.29, 1.82) is 0 Å². The second kappa shape index (κ2) is 16.6. The summed E-state index contributed by atoms with van der Waals surface area (Å²) in [5, 5.41) is 17.4. The molecule has 0 fully saturated rings. The van der Waals surface area contributed by atoms with Crippen LogP contribution in [0.4, 0.5) is 0 Å². The number of pyridine rings is 1. The molecule has 2 heterocycles. The predicted molar refractivity (Wildman–Crippen MR) is 234 cm³/mol. The second-order valence-electron chi connectivity index (χ2n) is 17.9. The van der Waals surface area contributed by atoms with Gasteiger partial charge in [0.15, 0.2) is 5.78 Å². The molecule has 1 N–H and O–H groups in total. The van der Waals surface area contributed by atoms with Gasteiger partial charge in [-0.15, -0.1) is 40.5 Å². The van der Waals surface area contributed by atoms with Gasteiger partial charge in [0.2, 0.25) is 0 Å². The molecule has 3 nitrogen and oxygen atoms in total. The Labute approximate surface area is 347 Å². The number of aliphatic hydroxyl groups is 1. The zero-order valence-corrected chi connectivity index (χ0v) is 38.1. The number of rotatable bonds is 8. The third-order valence-corrected chi connectivity index (χ3v) is 13.5. The molecule has 0 amide bonds. The van der Waals surface area contributed by atoms with Gasteiger partial charge in [-0.2, -0.15) is 0 Å². The minimum atomic E-state index is 0. The Morgan fingerprint density at radius 3 is 2.05 bits per heavy atom. The smallest absolute Gasteiger partial charge is 0.162 e. The van der Waals surface area contributed by atoms with Gasteiger partial charge in [-0.05, 0) is 83.4 Å². The molecule has 1 aliphatic rings. The maximum Gasteiger partial charge on any atom is 0.162 e. The van der Waals surface area contributed by atoms with Gasteiger partial charge in [0.1, 0.15) is 0 Å². The van der Waals surface area contributed by atoms with Gasteiger partial charge >= 0.3 is 0 Å². The molecule has 6 aromatic rings. The van der Waals surface area contributed by atoms with Crippen molar-refractivity contribution in [2.75, 3.05) is 0 Å². The van der Waals surface area contributed by atoms with E-state index in [-0.39, 0.29) is 59.7 Å². The SMILES string of the molecule is CC(C)(C)c1cc(-c2cc3ccc4c5cc6c(cc5sc4c3cn2)C(C)(C)CCC6(C)C)[c-]c2ccccc12.CCC(CC)C(=O)/C=C(\O)C(CC)CC.[Ir]. The van der Waals surface area contributed by atoms with Gasteiger partial charge < -0.3 is 5.11 Å². The number of nitrogens with zero attached hydrogens (tertiary/aromatic N) is 1.